The first-order chi connectivity index (χ1) is 9.28. The first kappa shape index (κ1) is 12.7. The van der Waals surface area contributed by atoms with Crippen molar-refractivity contribution < 1.29 is 9.53 Å². The molecular weight excluding hydrogens is 238 g/mol. The SMILES string of the molecule is COC(=O)[C@H]1CC[C@H]2C[C@@H]1CN2Cc1ccccc1. The minimum atomic E-state index is -0.00925. The van der Waals surface area contributed by atoms with E-state index in [1.54, 1.807) is 0 Å². The van der Waals surface area contributed by atoms with Crippen LogP contribution in [0.4, 0.5) is 0 Å². The van der Waals surface area contributed by atoms with Gasteiger partial charge in [0.1, 0.15) is 0 Å². The molecule has 1 saturated carbocycles. The van der Waals surface area contributed by atoms with Gasteiger partial charge in [-0.2, -0.15) is 0 Å². The third-order valence-corrected chi connectivity index (χ3v) is 4.67. The van der Waals surface area contributed by atoms with Crippen molar-refractivity contribution in [1.82, 2.24) is 4.90 Å². The van der Waals surface area contributed by atoms with Gasteiger partial charge in [-0.1, -0.05) is 30.3 Å². The van der Waals surface area contributed by atoms with Gasteiger partial charge in [-0.15, -0.1) is 0 Å². The van der Waals surface area contributed by atoms with E-state index in [1.165, 1.54) is 12.7 Å². The molecule has 19 heavy (non-hydrogen) atoms. The number of likely N-dealkylation sites (tertiary alicyclic amines) is 1. The van der Waals surface area contributed by atoms with Gasteiger partial charge in [0.15, 0.2) is 0 Å². The Morgan fingerprint density at radius 2 is 2.11 bits per heavy atom. The summed E-state index contributed by atoms with van der Waals surface area (Å²) in [7, 11) is 1.51. The number of hydrogen-bond acceptors (Lipinski definition) is 3. The number of benzene rings is 1. The van der Waals surface area contributed by atoms with Gasteiger partial charge in [-0.3, -0.25) is 9.69 Å². The average molecular weight is 259 g/mol. The third-order valence-electron chi connectivity index (χ3n) is 4.67. The fraction of sp³-hybridized carbons (Fsp3) is 0.562. The van der Waals surface area contributed by atoms with E-state index in [4.69, 9.17) is 4.74 Å². The standard InChI is InChI=1S/C16H21NO2/c1-19-16(18)15-8-7-14-9-13(15)11-17(14)10-12-5-3-2-4-6-12/h2-6,13-15H,7-11H2,1H3/t13-,14+,15+/m1/s1. The van der Waals surface area contributed by atoms with E-state index < -0.39 is 0 Å². The predicted molar refractivity (Wildman–Crippen MR) is 73.5 cm³/mol. The molecule has 1 aromatic carbocycles. The highest BCUT2D eigenvalue weighted by Crippen LogP contribution is 2.40. The second-order valence-electron chi connectivity index (χ2n) is 5.77. The Bertz CT molecular complexity index is 445. The molecule has 3 heteroatoms. The summed E-state index contributed by atoms with van der Waals surface area (Å²) in [4.78, 5) is 14.3. The van der Waals surface area contributed by atoms with E-state index in [2.05, 4.69) is 35.2 Å². The van der Waals surface area contributed by atoms with Gasteiger partial charge >= 0.3 is 5.97 Å². The largest absolute Gasteiger partial charge is 0.469 e. The summed E-state index contributed by atoms with van der Waals surface area (Å²) >= 11 is 0. The highest BCUT2D eigenvalue weighted by Gasteiger charge is 2.43. The number of fused-ring (bicyclic) bond motifs is 2. The molecule has 0 unspecified atom stereocenters. The van der Waals surface area contributed by atoms with Crippen LogP contribution in [0.3, 0.4) is 0 Å². The van der Waals surface area contributed by atoms with Crippen molar-refractivity contribution in [2.24, 2.45) is 11.8 Å². The monoisotopic (exact) mass is 259 g/mol. The van der Waals surface area contributed by atoms with E-state index >= 15 is 0 Å². The van der Waals surface area contributed by atoms with Gasteiger partial charge in [0.2, 0.25) is 0 Å². The number of nitrogens with zero attached hydrogens (tertiary/aromatic N) is 1. The number of ether oxygens (including phenoxy) is 1. The average Bonchev–Trinajstić information content (AvgIpc) is 2.76. The lowest BCUT2D eigenvalue weighted by atomic mass is 9.80. The molecule has 1 aromatic rings. The molecule has 1 aliphatic carbocycles. The maximum atomic E-state index is 11.8. The maximum Gasteiger partial charge on any atom is 0.308 e. The van der Waals surface area contributed by atoms with Gasteiger partial charge in [0.25, 0.3) is 0 Å². The van der Waals surface area contributed by atoms with E-state index in [1.807, 2.05) is 0 Å². The molecule has 0 spiro atoms. The van der Waals surface area contributed by atoms with Crippen molar-refractivity contribution in [3.05, 3.63) is 35.9 Å². The van der Waals surface area contributed by atoms with Crippen molar-refractivity contribution in [3.8, 4) is 0 Å². The Kier molecular flexibility index (Phi) is 3.56. The number of rotatable bonds is 3. The molecule has 1 saturated heterocycles. The second kappa shape index (κ2) is 5.33. The molecule has 102 valence electrons. The highest BCUT2D eigenvalue weighted by molar-refractivity contribution is 5.73. The molecule has 3 atom stereocenters. The maximum absolute atomic E-state index is 11.8. The Labute approximate surface area is 114 Å². The fourth-order valence-electron chi connectivity index (χ4n) is 3.70. The van der Waals surface area contributed by atoms with Crippen LogP contribution in [-0.2, 0) is 16.1 Å². The lowest BCUT2D eigenvalue weighted by molar-refractivity contribution is -0.148. The summed E-state index contributed by atoms with van der Waals surface area (Å²) in [5, 5.41) is 0. The van der Waals surface area contributed by atoms with Crippen molar-refractivity contribution in [1.29, 1.82) is 0 Å². The van der Waals surface area contributed by atoms with E-state index in [-0.39, 0.29) is 11.9 Å². The number of methoxy groups -OCH3 is 1. The molecule has 0 radical (unpaired) electrons. The molecule has 2 bridgehead atoms. The van der Waals surface area contributed by atoms with E-state index in [0.29, 0.717) is 12.0 Å². The molecule has 0 amide bonds. The molecule has 3 rings (SSSR count). The number of hydrogen-bond donors (Lipinski definition) is 0. The molecular formula is C16H21NO2. The van der Waals surface area contributed by atoms with Crippen molar-refractivity contribution in [3.63, 3.8) is 0 Å². The second-order valence-corrected chi connectivity index (χ2v) is 5.77. The number of carbonyl (C=O) groups is 1. The normalized spacial score (nSPS) is 30.3. The van der Waals surface area contributed by atoms with Gasteiger partial charge in [-0.25, -0.2) is 0 Å². The first-order valence-corrected chi connectivity index (χ1v) is 7.13. The van der Waals surface area contributed by atoms with Gasteiger partial charge < -0.3 is 4.74 Å². The van der Waals surface area contributed by atoms with Crippen LogP contribution in [0.25, 0.3) is 0 Å². The zero-order valence-electron chi connectivity index (χ0n) is 11.4. The summed E-state index contributed by atoms with van der Waals surface area (Å²) in [5.74, 6) is 0.613. The van der Waals surface area contributed by atoms with Gasteiger partial charge in [0, 0.05) is 19.1 Å². The zero-order valence-corrected chi connectivity index (χ0v) is 11.4. The Balaban J connectivity index is 1.66. The summed E-state index contributed by atoms with van der Waals surface area (Å²) in [6, 6.07) is 11.3. The van der Waals surface area contributed by atoms with Crippen LogP contribution in [0.15, 0.2) is 30.3 Å². The van der Waals surface area contributed by atoms with Crippen LogP contribution in [0.1, 0.15) is 24.8 Å². The number of esters is 1. The highest BCUT2D eigenvalue weighted by atomic mass is 16.5. The summed E-state index contributed by atoms with van der Waals surface area (Å²) < 4.78 is 4.94. The molecule has 3 nitrogen and oxygen atoms in total. The summed E-state index contributed by atoms with van der Waals surface area (Å²) in [5.41, 5.74) is 1.37. The van der Waals surface area contributed by atoms with Crippen LogP contribution in [0, 0.1) is 11.8 Å². The Morgan fingerprint density at radius 3 is 2.84 bits per heavy atom. The van der Waals surface area contributed by atoms with Gasteiger partial charge in [-0.05, 0) is 30.7 Å². The van der Waals surface area contributed by atoms with E-state index in [9.17, 15) is 4.79 Å². The fourth-order valence-corrected chi connectivity index (χ4v) is 3.70. The lowest BCUT2D eigenvalue weighted by Gasteiger charge is -2.27. The minimum absolute atomic E-state index is 0.00925. The number of carbonyl (C=O) groups excluding carboxylic acids is 1. The smallest absolute Gasteiger partial charge is 0.308 e. The van der Waals surface area contributed by atoms with Crippen LogP contribution in [0.2, 0.25) is 0 Å². The predicted octanol–water partition coefficient (Wildman–Crippen LogP) is 2.46. The topological polar surface area (TPSA) is 29.5 Å². The van der Waals surface area contributed by atoms with Gasteiger partial charge in [0.05, 0.1) is 13.0 Å². The third kappa shape index (κ3) is 2.52. The molecule has 0 N–H and O–H groups in total. The minimum Gasteiger partial charge on any atom is -0.469 e. The molecule has 1 aliphatic heterocycles. The van der Waals surface area contributed by atoms with Crippen LogP contribution in [0.5, 0.6) is 0 Å². The van der Waals surface area contributed by atoms with Crippen molar-refractivity contribution in [2.45, 2.75) is 31.8 Å². The zero-order chi connectivity index (χ0) is 13.2. The molecule has 2 fully saturated rings. The first-order valence-electron chi connectivity index (χ1n) is 7.13. The van der Waals surface area contributed by atoms with Crippen molar-refractivity contribution in [2.75, 3.05) is 13.7 Å². The van der Waals surface area contributed by atoms with Crippen LogP contribution >= 0.6 is 0 Å². The Hall–Kier alpha value is -1.35. The Morgan fingerprint density at radius 1 is 1.32 bits per heavy atom. The lowest BCUT2D eigenvalue weighted by Crippen LogP contribution is -2.30. The summed E-state index contributed by atoms with van der Waals surface area (Å²) in [6.07, 6.45) is 3.28. The van der Waals surface area contributed by atoms with Crippen LogP contribution in [-0.4, -0.2) is 30.6 Å². The molecule has 0 aromatic heterocycles. The quantitative estimate of drug-likeness (QED) is 0.781. The van der Waals surface area contributed by atoms with E-state index in [0.717, 1.165) is 32.4 Å². The van der Waals surface area contributed by atoms with Crippen molar-refractivity contribution >= 4 is 5.97 Å². The molecule has 2 aliphatic rings. The van der Waals surface area contributed by atoms with Crippen LogP contribution < -0.4 is 0 Å². The molecule has 1 heterocycles. The summed E-state index contributed by atoms with van der Waals surface area (Å²) in [6.45, 7) is 2.05.